The molecule has 0 fully saturated rings. The van der Waals surface area contributed by atoms with E-state index in [4.69, 9.17) is 16.3 Å². The number of nitro groups is 1. The number of hydrogen-bond donors (Lipinski definition) is 2. The monoisotopic (exact) mass is 445 g/mol. The highest BCUT2D eigenvalue weighted by Crippen LogP contribution is 2.42. The number of halogens is 1. The molecule has 0 saturated heterocycles. The van der Waals surface area contributed by atoms with Gasteiger partial charge in [-0.2, -0.15) is 0 Å². The quantitative estimate of drug-likeness (QED) is 0.194. The molecule has 0 aliphatic heterocycles. The van der Waals surface area contributed by atoms with Crippen LogP contribution >= 0.6 is 11.6 Å². The highest BCUT2D eigenvalue weighted by atomic mass is 35.5. The van der Waals surface area contributed by atoms with Crippen molar-refractivity contribution < 1.29 is 24.7 Å². The van der Waals surface area contributed by atoms with E-state index in [1.807, 2.05) is 13.0 Å². The summed E-state index contributed by atoms with van der Waals surface area (Å²) >= 11 is 6.42. The van der Waals surface area contributed by atoms with Crippen LogP contribution in [0.1, 0.15) is 28.5 Å². The zero-order valence-electron chi connectivity index (χ0n) is 17.3. The fourth-order valence-electron chi connectivity index (χ4n) is 3.51. The topological polar surface area (TPSA) is 128 Å². The molecule has 1 aromatic carbocycles. The first-order valence-electron chi connectivity index (χ1n) is 9.28. The number of benzene rings is 1. The average Bonchev–Trinajstić information content (AvgIpc) is 3.00. The lowest BCUT2D eigenvalue weighted by atomic mass is 10.0. The van der Waals surface area contributed by atoms with E-state index in [1.165, 1.54) is 12.1 Å². The van der Waals surface area contributed by atoms with Crippen molar-refractivity contribution in [2.75, 3.05) is 6.61 Å². The molecule has 2 heterocycles. The largest absolute Gasteiger partial charge is 0.504 e. The maximum absolute atomic E-state index is 12.7. The normalized spacial score (nSPS) is 10.9. The van der Waals surface area contributed by atoms with E-state index in [0.717, 1.165) is 11.6 Å². The summed E-state index contributed by atoms with van der Waals surface area (Å²) in [5.41, 5.74) is 2.52. The van der Waals surface area contributed by atoms with E-state index in [1.54, 1.807) is 25.5 Å². The fraction of sp³-hybridized carbons (Fsp3) is 0.238. The number of hydrogen-bond acceptors (Lipinski definition) is 7. The predicted octanol–water partition coefficient (Wildman–Crippen LogP) is 4.52. The minimum Gasteiger partial charge on any atom is -0.504 e. The van der Waals surface area contributed by atoms with Crippen molar-refractivity contribution in [3.63, 3.8) is 0 Å². The number of carbonyl (C=O) groups is 1. The van der Waals surface area contributed by atoms with Crippen LogP contribution in [0.2, 0.25) is 5.15 Å². The van der Waals surface area contributed by atoms with E-state index in [0.29, 0.717) is 22.6 Å². The number of aromatic hydroxyl groups is 2. The third-order valence-corrected chi connectivity index (χ3v) is 5.10. The van der Waals surface area contributed by atoms with Crippen molar-refractivity contribution >= 4 is 23.3 Å². The lowest BCUT2D eigenvalue weighted by molar-refractivity contribution is -0.385. The summed E-state index contributed by atoms with van der Waals surface area (Å²) in [4.78, 5) is 27.5. The van der Waals surface area contributed by atoms with Gasteiger partial charge in [0.1, 0.15) is 5.15 Å². The highest BCUT2D eigenvalue weighted by Gasteiger charge is 2.27. The molecule has 3 aromatic rings. The second-order valence-corrected chi connectivity index (χ2v) is 7.30. The van der Waals surface area contributed by atoms with Gasteiger partial charge in [-0.25, -0.2) is 9.78 Å². The molecular formula is C21H20ClN3O6. The smallest absolute Gasteiger partial charge is 0.340 e. The Balaban J connectivity index is 2.35. The molecule has 0 unspecified atom stereocenters. The first-order chi connectivity index (χ1) is 14.6. The molecule has 31 heavy (non-hydrogen) atoms. The van der Waals surface area contributed by atoms with E-state index in [9.17, 15) is 25.1 Å². The summed E-state index contributed by atoms with van der Waals surface area (Å²) < 4.78 is 6.81. The zero-order valence-corrected chi connectivity index (χ0v) is 18.0. The van der Waals surface area contributed by atoms with Crippen LogP contribution in [0.25, 0.3) is 22.5 Å². The summed E-state index contributed by atoms with van der Waals surface area (Å²) in [6.07, 6.45) is 0. The van der Waals surface area contributed by atoms with Gasteiger partial charge in [-0.1, -0.05) is 11.6 Å². The van der Waals surface area contributed by atoms with Crippen LogP contribution in [0.15, 0.2) is 24.3 Å². The number of phenolic OH excluding ortho intramolecular Hbond substituents is 2. The molecule has 9 nitrogen and oxygen atoms in total. The molecule has 0 aliphatic rings. The Morgan fingerprint density at radius 3 is 2.52 bits per heavy atom. The summed E-state index contributed by atoms with van der Waals surface area (Å²) in [7, 11) is 1.65. The molecular weight excluding hydrogens is 426 g/mol. The SMILES string of the molecule is CCOC(=O)c1cc(-c2cc(O)c(O)c([N+](=O)[O-])c2)n(C)c1-c1c(C)cc(C)nc1Cl. The zero-order chi connectivity index (χ0) is 23.0. The Bertz CT molecular complexity index is 1200. The molecule has 10 heteroatoms. The molecule has 0 aliphatic carbocycles. The molecule has 0 saturated carbocycles. The van der Waals surface area contributed by atoms with Crippen LogP contribution in [0, 0.1) is 24.0 Å². The van der Waals surface area contributed by atoms with E-state index < -0.39 is 28.1 Å². The molecule has 2 aromatic heterocycles. The summed E-state index contributed by atoms with van der Waals surface area (Å²) in [6, 6.07) is 5.61. The summed E-state index contributed by atoms with van der Waals surface area (Å²) in [6.45, 7) is 5.44. The van der Waals surface area contributed by atoms with Gasteiger partial charge < -0.3 is 19.5 Å². The number of phenols is 2. The standard InChI is InChI=1S/C21H20ClN3O6/c1-5-31-21(28)13-9-14(12-7-15(25(29)30)19(27)16(26)8-12)24(4)18(13)17-10(2)6-11(3)23-20(17)22/h6-9,26-27H,5H2,1-4H3. The van der Waals surface area contributed by atoms with Crippen LogP contribution in [-0.4, -0.2) is 37.3 Å². The number of ether oxygens (including phenoxy) is 1. The number of esters is 1. The second kappa shape index (κ2) is 8.27. The maximum atomic E-state index is 12.7. The average molecular weight is 446 g/mol. The summed E-state index contributed by atoms with van der Waals surface area (Å²) in [5, 5.41) is 31.3. The lowest BCUT2D eigenvalue weighted by Gasteiger charge is -2.14. The Morgan fingerprint density at radius 2 is 1.94 bits per heavy atom. The number of aryl methyl sites for hydroxylation is 2. The molecule has 0 radical (unpaired) electrons. The first kappa shape index (κ1) is 22.1. The predicted molar refractivity (Wildman–Crippen MR) is 115 cm³/mol. The van der Waals surface area contributed by atoms with Crippen molar-refractivity contribution in [3.8, 4) is 34.0 Å². The third-order valence-electron chi connectivity index (χ3n) is 4.83. The fourth-order valence-corrected chi connectivity index (χ4v) is 3.89. The molecule has 162 valence electrons. The van der Waals surface area contributed by atoms with Gasteiger partial charge in [0.2, 0.25) is 5.75 Å². The van der Waals surface area contributed by atoms with Gasteiger partial charge >= 0.3 is 11.7 Å². The van der Waals surface area contributed by atoms with Gasteiger partial charge in [0.25, 0.3) is 0 Å². The van der Waals surface area contributed by atoms with Crippen molar-refractivity contribution in [1.82, 2.24) is 9.55 Å². The van der Waals surface area contributed by atoms with Crippen LogP contribution in [0.4, 0.5) is 5.69 Å². The number of carbonyl (C=O) groups excluding carboxylic acids is 1. The van der Waals surface area contributed by atoms with Gasteiger partial charge in [0.05, 0.1) is 22.8 Å². The summed E-state index contributed by atoms with van der Waals surface area (Å²) in [5.74, 6) is -2.10. The van der Waals surface area contributed by atoms with Gasteiger partial charge in [0, 0.05) is 35.6 Å². The van der Waals surface area contributed by atoms with Gasteiger partial charge in [-0.15, -0.1) is 0 Å². The molecule has 0 bridgehead atoms. The second-order valence-electron chi connectivity index (χ2n) is 6.94. The van der Waals surface area contributed by atoms with Crippen molar-refractivity contribution in [2.24, 2.45) is 7.05 Å². The van der Waals surface area contributed by atoms with Crippen molar-refractivity contribution in [2.45, 2.75) is 20.8 Å². The number of rotatable bonds is 5. The van der Waals surface area contributed by atoms with E-state index >= 15 is 0 Å². The lowest BCUT2D eigenvalue weighted by Crippen LogP contribution is -2.07. The van der Waals surface area contributed by atoms with Gasteiger partial charge in [0.15, 0.2) is 5.75 Å². The van der Waals surface area contributed by atoms with Crippen LogP contribution < -0.4 is 0 Å². The van der Waals surface area contributed by atoms with E-state index in [2.05, 4.69) is 4.98 Å². The molecule has 0 amide bonds. The minimum atomic E-state index is -0.838. The molecule has 0 spiro atoms. The Labute approximate surface area is 182 Å². The van der Waals surface area contributed by atoms with Gasteiger partial charge in [-0.05, 0) is 44.5 Å². The maximum Gasteiger partial charge on any atom is 0.340 e. The molecule has 0 atom stereocenters. The Morgan fingerprint density at radius 1 is 1.26 bits per heavy atom. The molecule has 2 N–H and O–H groups in total. The first-order valence-corrected chi connectivity index (χ1v) is 9.66. The van der Waals surface area contributed by atoms with Gasteiger partial charge in [-0.3, -0.25) is 10.1 Å². The van der Waals surface area contributed by atoms with Crippen LogP contribution in [-0.2, 0) is 11.8 Å². The minimum absolute atomic E-state index is 0.146. The van der Waals surface area contributed by atoms with Crippen molar-refractivity contribution in [3.05, 3.63) is 56.4 Å². The third kappa shape index (κ3) is 3.91. The number of nitro benzene ring substituents is 1. The number of aromatic nitrogens is 2. The van der Waals surface area contributed by atoms with E-state index in [-0.39, 0.29) is 22.9 Å². The molecule has 3 rings (SSSR count). The number of pyridine rings is 1. The van der Waals surface area contributed by atoms with Crippen LogP contribution in [0.3, 0.4) is 0 Å². The highest BCUT2D eigenvalue weighted by molar-refractivity contribution is 6.32. The van der Waals surface area contributed by atoms with Crippen LogP contribution in [0.5, 0.6) is 11.5 Å². The Kier molecular flexibility index (Phi) is 5.90. The number of nitrogens with zero attached hydrogens (tertiary/aromatic N) is 3. The van der Waals surface area contributed by atoms with Crippen molar-refractivity contribution in [1.29, 1.82) is 0 Å². The Hall–Kier alpha value is -3.59.